The average Bonchev–Trinajstić information content (AvgIpc) is 2.86. The van der Waals surface area contributed by atoms with Gasteiger partial charge in [0.15, 0.2) is 0 Å². The van der Waals surface area contributed by atoms with Gasteiger partial charge in [0.2, 0.25) is 0 Å². The normalized spacial score (nSPS) is 10.9. The third kappa shape index (κ3) is 3.13. The van der Waals surface area contributed by atoms with Gasteiger partial charge in [0.05, 0.1) is 22.9 Å². The fraction of sp³-hybridized carbons (Fsp3) is 0.400. The van der Waals surface area contributed by atoms with Gasteiger partial charge in [0.25, 0.3) is 0 Å². The molecule has 0 aromatic carbocycles. The predicted molar refractivity (Wildman–Crippen MR) is 68.5 cm³/mol. The Balaban J connectivity index is 1.97. The summed E-state index contributed by atoms with van der Waals surface area (Å²) in [5.41, 5.74) is 1.06. The van der Waals surface area contributed by atoms with Crippen LogP contribution in [-0.2, 0) is 13.1 Å². The van der Waals surface area contributed by atoms with Gasteiger partial charge in [-0.25, -0.2) is 4.98 Å². The molecule has 2 aromatic rings. The van der Waals surface area contributed by atoms with Crippen LogP contribution in [0.25, 0.3) is 0 Å². The molecule has 0 saturated carbocycles. The maximum atomic E-state index is 4.53. The van der Waals surface area contributed by atoms with Crippen LogP contribution in [0.5, 0.6) is 0 Å². The zero-order chi connectivity index (χ0) is 11.4. The third-order valence-electron chi connectivity index (χ3n) is 2.05. The second-order valence-corrected chi connectivity index (χ2v) is 5.23. The Hall–Kier alpha value is -0.720. The molecule has 6 heteroatoms. The summed E-state index contributed by atoms with van der Waals surface area (Å²) >= 11 is 5.06. The van der Waals surface area contributed by atoms with E-state index in [1.807, 2.05) is 10.9 Å². The average molecular weight is 301 g/mol. The first-order chi connectivity index (χ1) is 7.78. The van der Waals surface area contributed by atoms with E-state index in [0.717, 1.165) is 34.8 Å². The highest BCUT2D eigenvalue weighted by Crippen LogP contribution is 2.12. The lowest BCUT2D eigenvalue weighted by Gasteiger charge is -1.97. The molecule has 0 unspecified atom stereocenters. The highest BCUT2D eigenvalue weighted by molar-refractivity contribution is 9.10. The number of hydrogen-bond donors (Lipinski definition) is 1. The van der Waals surface area contributed by atoms with Crippen molar-refractivity contribution in [1.82, 2.24) is 20.1 Å². The number of aromatic nitrogens is 3. The zero-order valence-electron chi connectivity index (χ0n) is 8.98. The lowest BCUT2D eigenvalue weighted by Crippen LogP contribution is -2.11. The van der Waals surface area contributed by atoms with Gasteiger partial charge < -0.3 is 5.32 Å². The van der Waals surface area contributed by atoms with Gasteiger partial charge in [-0.15, -0.1) is 11.3 Å². The van der Waals surface area contributed by atoms with E-state index in [2.05, 4.69) is 43.6 Å². The van der Waals surface area contributed by atoms with Gasteiger partial charge in [-0.2, -0.15) is 5.10 Å². The van der Waals surface area contributed by atoms with E-state index >= 15 is 0 Å². The molecule has 0 saturated heterocycles. The van der Waals surface area contributed by atoms with Crippen LogP contribution >= 0.6 is 27.3 Å². The van der Waals surface area contributed by atoms with Gasteiger partial charge in [0, 0.05) is 18.1 Å². The van der Waals surface area contributed by atoms with E-state index in [9.17, 15) is 0 Å². The molecular weight excluding hydrogens is 288 g/mol. The topological polar surface area (TPSA) is 42.7 Å². The molecule has 0 radical (unpaired) electrons. The number of halogens is 1. The molecule has 0 amide bonds. The first-order valence-electron chi connectivity index (χ1n) is 5.10. The summed E-state index contributed by atoms with van der Waals surface area (Å²) in [5.74, 6) is 0. The third-order valence-corrected chi connectivity index (χ3v) is 3.36. The molecular formula is C10H13BrN4S. The van der Waals surface area contributed by atoms with Crippen molar-refractivity contribution in [1.29, 1.82) is 0 Å². The summed E-state index contributed by atoms with van der Waals surface area (Å²) in [6.45, 7) is 4.65. The predicted octanol–water partition coefficient (Wildman–Crippen LogP) is 2.26. The fourth-order valence-corrected chi connectivity index (χ4v) is 2.41. The van der Waals surface area contributed by atoms with Crippen LogP contribution in [-0.4, -0.2) is 21.3 Å². The Labute approximate surface area is 107 Å². The Morgan fingerprint density at radius 3 is 3.12 bits per heavy atom. The molecule has 0 aliphatic rings. The van der Waals surface area contributed by atoms with Crippen LogP contribution in [0.15, 0.2) is 22.2 Å². The molecule has 2 rings (SSSR count). The highest BCUT2D eigenvalue weighted by Gasteiger charge is 2.03. The molecule has 86 valence electrons. The van der Waals surface area contributed by atoms with Crippen molar-refractivity contribution in [2.75, 3.05) is 6.54 Å². The molecule has 0 aliphatic heterocycles. The first-order valence-corrected chi connectivity index (χ1v) is 6.77. The molecule has 2 aromatic heterocycles. The van der Waals surface area contributed by atoms with Crippen LogP contribution in [0.3, 0.4) is 0 Å². The second kappa shape index (κ2) is 5.56. The van der Waals surface area contributed by atoms with Crippen molar-refractivity contribution in [3.05, 3.63) is 32.9 Å². The summed E-state index contributed by atoms with van der Waals surface area (Å²) in [5, 5.41) is 10.7. The lowest BCUT2D eigenvalue weighted by atomic mass is 10.5. The molecule has 0 fully saturated rings. The van der Waals surface area contributed by atoms with Crippen molar-refractivity contribution >= 4 is 27.3 Å². The maximum absolute atomic E-state index is 4.53. The van der Waals surface area contributed by atoms with Gasteiger partial charge in [-0.05, 0) is 22.5 Å². The van der Waals surface area contributed by atoms with E-state index in [0.29, 0.717) is 0 Å². The molecule has 0 aliphatic carbocycles. The standard InChI is InChI=1S/C10H13BrN4S/c1-2-12-4-10-14-9(7-16-10)6-15-5-8(11)3-13-15/h3,5,7,12H,2,4,6H2,1H3. The molecule has 2 heterocycles. The summed E-state index contributed by atoms with van der Waals surface area (Å²) in [4.78, 5) is 4.53. The number of hydrogen-bond acceptors (Lipinski definition) is 4. The SMILES string of the molecule is CCNCc1nc(Cn2cc(Br)cn2)cs1. The van der Waals surface area contributed by atoms with Crippen molar-refractivity contribution in [2.24, 2.45) is 0 Å². The minimum atomic E-state index is 0.730. The molecule has 0 spiro atoms. The Kier molecular flexibility index (Phi) is 4.09. The minimum absolute atomic E-state index is 0.730. The number of rotatable bonds is 5. The van der Waals surface area contributed by atoms with Crippen molar-refractivity contribution in [3.63, 3.8) is 0 Å². The largest absolute Gasteiger partial charge is 0.311 e. The van der Waals surface area contributed by atoms with Gasteiger partial charge >= 0.3 is 0 Å². The van der Waals surface area contributed by atoms with Gasteiger partial charge in [-0.1, -0.05) is 6.92 Å². The van der Waals surface area contributed by atoms with Gasteiger partial charge in [-0.3, -0.25) is 4.68 Å². The van der Waals surface area contributed by atoms with E-state index < -0.39 is 0 Å². The van der Waals surface area contributed by atoms with Gasteiger partial charge in [0.1, 0.15) is 5.01 Å². The molecule has 0 atom stereocenters. The fourth-order valence-electron chi connectivity index (χ4n) is 1.33. The van der Waals surface area contributed by atoms with Crippen molar-refractivity contribution in [3.8, 4) is 0 Å². The molecule has 16 heavy (non-hydrogen) atoms. The number of nitrogens with one attached hydrogen (secondary N) is 1. The number of thiazole rings is 1. The lowest BCUT2D eigenvalue weighted by molar-refractivity contribution is 0.667. The molecule has 4 nitrogen and oxygen atoms in total. The minimum Gasteiger partial charge on any atom is -0.311 e. The quantitative estimate of drug-likeness (QED) is 0.921. The molecule has 1 N–H and O–H groups in total. The second-order valence-electron chi connectivity index (χ2n) is 3.37. The molecule has 0 bridgehead atoms. The number of nitrogens with zero attached hydrogens (tertiary/aromatic N) is 3. The Morgan fingerprint density at radius 1 is 1.56 bits per heavy atom. The summed E-state index contributed by atoms with van der Waals surface area (Å²) in [6, 6.07) is 0. The first kappa shape index (κ1) is 11.8. The maximum Gasteiger partial charge on any atom is 0.107 e. The van der Waals surface area contributed by atoms with Crippen LogP contribution in [0, 0.1) is 0 Å². The highest BCUT2D eigenvalue weighted by atomic mass is 79.9. The van der Waals surface area contributed by atoms with E-state index in [1.165, 1.54) is 0 Å². The zero-order valence-corrected chi connectivity index (χ0v) is 11.4. The van der Waals surface area contributed by atoms with Crippen molar-refractivity contribution < 1.29 is 0 Å². The van der Waals surface area contributed by atoms with E-state index in [4.69, 9.17) is 0 Å². The smallest absolute Gasteiger partial charge is 0.107 e. The van der Waals surface area contributed by atoms with Crippen LogP contribution in [0.1, 0.15) is 17.6 Å². The van der Waals surface area contributed by atoms with Crippen LogP contribution < -0.4 is 5.32 Å². The summed E-state index contributed by atoms with van der Waals surface area (Å²) < 4.78 is 2.87. The van der Waals surface area contributed by atoms with Crippen LogP contribution in [0.4, 0.5) is 0 Å². The summed E-state index contributed by atoms with van der Waals surface area (Å²) in [6.07, 6.45) is 3.73. The summed E-state index contributed by atoms with van der Waals surface area (Å²) in [7, 11) is 0. The van der Waals surface area contributed by atoms with E-state index in [-0.39, 0.29) is 0 Å². The van der Waals surface area contributed by atoms with Crippen molar-refractivity contribution in [2.45, 2.75) is 20.0 Å². The Bertz CT molecular complexity index is 451. The van der Waals surface area contributed by atoms with Crippen LogP contribution in [0.2, 0.25) is 0 Å². The monoisotopic (exact) mass is 300 g/mol. The van der Waals surface area contributed by atoms with E-state index in [1.54, 1.807) is 17.5 Å². The Morgan fingerprint density at radius 2 is 2.44 bits per heavy atom.